The molecule has 0 heterocycles. The summed E-state index contributed by atoms with van der Waals surface area (Å²) >= 11 is 0. The molecule has 0 aliphatic rings. The van der Waals surface area contributed by atoms with E-state index in [0.29, 0.717) is 18.6 Å². The average Bonchev–Trinajstić information content (AvgIpc) is 2.38. The van der Waals surface area contributed by atoms with E-state index in [-0.39, 0.29) is 17.8 Å². The van der Waals surface area contributed by atoms with Gasteiger partial charge in [0.05, 0.1) is 6.61 Å². The maximum Gasteiger partial charge on any atom is 0.305 e. The summed E-state index contributed by atoms with van der Waals surface area (Å²) in [5.74, 6) is -0.369. The van der Waals surface area contributed by atoms with E-state index in [4.69, 9.17) is 10.5 Å². The van der Waals surface area contributed by atoms with Crippen molar-refractivity contribution in [3.63, 3.8) is 0 Å². The minimum Gasteiger partial charge on any atom is -0.466 e. The smallest absolute Gasteiger partial charge is 0.305 e. The van der Waals surface area contributed by atoms with E-state index in [9.17, 15) is 9.18 Å². The third kappa shape index (κ3) is 5.39. The Morgan fingerprint density at radius 1 is 1.42 bits per heavy atom. The Labute approximate surface area is 113 Å². The number of benzene rings is 1. The van der Waals surface area contributed by atoms with Crippen LogP contribution in [0.2, 0.25) is 0 Å². The summed E-state index contributed by atoms with van der Waals surface area (Å²) in [6, 6.07) is 4.84. The third-order valence-corrected chi connectivity index (χ3v) is 3.06. The SMILES string of the molecule is CCOC(=O)CCCCC(N)c1ccc(F)c(C)c1. The molecule has 1 unspecified atom stereocenters. The molecule has 106 valence electrons. The van der Waals surface area contributed by atoms with Gasteiger partial charge < -0.3 is 10.5 Å². The van der Waals surface area contributed by atoms with Crippen LogP contribution in [0.15, 0.2) is 18.2 Å². The van der Waals surface area contributed by atoms with Crippen LogP contribution < -0.4 is 5.73 Å². The van der Waals surface area contributed by atoms with Gasteiger partial charge in [-0.1, -0.05) is 18.6 Å². The molecule has 0 aliphatic heterocycles. The highest BCUT2D eigenvalue weighted by Gasteiger charge is 2.08. The van der Waals surface area contributed by atoms with Crippen molar-refractivity contribution in [2.24, 2.45) is 5.73 Å². The van der Waals surface area contributed by atoms with E-state index in [1.807, 2.05) is 0 Å². The molecule has 2 N–H and O–H groups in total. The molecule has 1 rings (SSSR count). The van der Waals surface area contributed by atoms with Crippen LogP contribution >= 0.6 is 0 Å². The van der Waals surface area contributed by atoms with Crippen LogP contribution in [0.5, 0.6) is 0 Å². The summed E-state index contributed by atoms with van der Waals surface area (Å²) in [4.78, 5) is 11.1. The van der Waals surface area contributed by atoms with Gasteiger partial charge in [0.1, 0.15) is 5.82 Å². The predicted octanol–water partition coefficient (Wildman–Crippen LogP) is 3.26. The Kier molecular flexibility index (Phi) is 6.50. The number of hydrogen-bond acceptors (Lipinski definition) is 3. The number of halogens is 1. The number of carbonyl (C=O) groups excluding carboxylic acids is 1. The van der Waals surface area contributed by atoms with Gasteiger partial charge in [0.15, 0.2) is 0 Å². The molecule has 0 saturated carbocycles. The highest BCUT2D eigenvalue weighted by atomic mass is 19.1. The molecule has 3 nitrogen and oxygen atoms in total. The number of ether oxygens (including phenoxy) is 1. The predicted molar refractivity (Wildman–Crippen MR) is 73.2 cm³/mol. The van der Waals surface area contributed by atoms with Crippen molar-refractivity contribution in [1.29, 1.82) is 0 Å². The van der Waals surface area contributed by atoms with Gasteiger partial charge in [-0.05, 0) is 43.9 Å². The molecule has 0 fully saturated rings. The number of rotatable bonds is 7. The molecule has 0 saturated heterocycles. The molecular formula is C15H22FNO2. The zero-order valence-electron chi connectivity index (χ0n) is 11.6. The molecule has 0 bridgehead atoms. The molecule has 1 aromatic rings. The van der Waals surface area contributed by atoms with Crippen LogP contribution in [0.25, 0.3) is 0 Å². The van der Waals surface area contributed by atoms with Crippen LogP contribution in [0.1, 0.15) is 49.8 Å². The summed E-state index contributed by atoms with van der Waals surface area (Å²) in [6.07, 6.45) is 2.84. The van der Waals surface area contributed by atoms with Crippen molar-refractivity contribution in [2.75, 3.05) is 6.61 Å². The fourth-order valence-electron chi connectivity index (χ4n) is 1.93. The minimum atomic E-state index is -0.210. The second-order valence-corrected chi connectivity index (χ2v) is 4.67. The molecule has 4 heteroatoms. The number of esters is 1. The van der Waals surface area contributed by atoms with Gasteiger partial charge in [-0.3, -0.25) is 4.79 Å². The van der Waals surface area contributed by atoms with Gasteiger partial charge in [-0.25, -0.2) is 4.39 Å². The lowest BCUT2D eigenvalue weighted by molar-refractivity contribution is -0.143. The Balaban J connectivity index is 2.33. The molecule has 1 aromatic carbocycles. The standard InChI is InChI=1S/C15H22FNO2/c1-3-19-15(18)7-5-4-6-14(17)12-8-9-13(16)11(2)10-12/h8-10,14H,3-7,17H2,1-2H3. The Bertz CT molecular complexity index is 421. The van der Waals surface area contributed by atoms with Crippen LogP contribution in [-0.4, -0.2) is 12.6 Å². The highest BCUT2D eigenvalue weighted by Crippen LogP contribution is 2.19. The number of aryl methyl sites for hydroxylation is 1. The zero-order chi connectivity index (χ0) is 14.3. The van der Waals surface area contributed by atoms with Crippen molar-refractivity contribution in [2.45, 2.75) is 45.6 Å². The molecule has 19 heavy (non-hydrogen) atoms. The quantitative estimate of drug-likeness (QED) is 0.609. The number of unbranched alkanes of at least 4 members (excludes halogenated alkanes) is 1. The molecule has 1 atom stereocenters. The monoisotopic (exact) mass is 267 g/mol. The van der Waals surface area contributed by atoms with E-state index in [0.717, 1.165) is 24.8 Å². The van der Waals surface area contributed by atoms with E-state index in [1.54, 1.807) is 26.0 Å². The van der Waals surface area contributed by atoms with Crippen LogP contribution in [-0.2, 0) is 9.53 Å². The summed E-state index contributed by atoms with van der Waals surface area (Å²) in [7, 11) is 0. The number of nitrogens with two attached hydrogens (primary N) is 1. The Hall–Kier alpha value is -1.42. The van der Waals surface area contributed by atoms with Gasteiger partial charge in [-0.2, -0.15) is 0 Å². The topological polar surface area (TPSA) is 52.3 Å². The van der Waals surface area contributed by atoms with Crippen molar-refractivity contribution in [1.82, 2.24) is 0 Å². The summed E-state index contributed by atoms with van der Waals surface area (Å²) in [5.41, 5.74) is 7.60. The van der Waals surface area contributed by atoms with Crippen molar-refractivity contribution < 1.29 is 13.9 Å². The first kappa shape index (κ1) is 15.6. The number of hydrogen-bond donors (Lipinski definition) is 1. The van der Waals surface area contributed by atoms with E-state index in [2.05, 4.69) is 0 Å². The van der Waals surface area contributed by atoms with E-state index < -0.39 is 0 Å². The number of carbonyl (C=O) groups is 1. The maximum atomic E-state index is 13.1. The lowest BCUT2D eigenvalue weighted by Crippen LogP contribution is -2.11. The molecule has 0 radical (unpaired) electrons. The second kappa shape index (κ2) is 7.89. The highest BCUT2D eigenvalue weighted by molar-refractivity contribution is 5.69. The van der Waals surface area contributed by atoms with Crippen LogP contribution in [0.3, 0.4) is 0 Å². The second-order valence-electron chi connectivity index (χ2n) is 4.67. The first-order chi connectivity index (χ1) is 9.04. The van der Waals surface area contributed by atoms with Gasteiger partial charge >= 0.3 is 5.97 Å². The van der Waals surface area contributed by atoms with Gasteiger partial charge in [0.25, 0.3) is 0 Å². The fourth-order valence-corrected chi connectivity index (χ4v) is 1.93. The van der Waals surface area contributed by atoms with Gasteiger partial charge in [0, 0.05) is 12.5 Å². The Morgan fingerprint density at radius 3 is 2.79 bits per heavy atom. The lowest BCUT2D eigenvalue weighted by Gasteiger charge is -2.12. The summed E-state index contributed by atoms with van der Waals surface area (Å²) < 4.78 is 18.0. The van der Waals surface area contributed by atoms with Crippen molar-refractivity contribution >= 4 is 5.97 Å². The first-order valence-electron chi connectivity index (χ1n) is 6.71. The van der Waals surface area contributed by atoms with Crippen LogP contribution in [0, 0.1) is 12.7 Å². The zero-order valence-corrected chi connectivity index (χ0v) is 11.6. The van der Waals surface area contributed by atoms with Crippen molar-refractivity contribution in [3.05, 3.63) is 35.1 Å². The lowest BCUT2D eigenvalue weighted by atomic mass is 9.99. The molecule has 0 amide bonds. The van der Waals surface area contributed by atoms with Crippen LogP contribution in [0.4, 0.5) is 4.39 Å². The summed E-state index contributed by atoms with van der Waals surface area (Å²) in [5, 5.41) is 0. The van der Waals surface area contributed by atoms with Crippen molar-refractivity contribution in [3.8, 4) is 0 Å². The molecular weight excluding hydrogens is 245 g/mol. The average molecular weight is 267 g/mol. The van der Waals surface area contributed by atoms with E-state index >= 15 is 0 Å². The molecule has 0 aliphatic carbocycles. The minimum absolute atomic E-state index is 0.110. The maximum absolute atomic E-state index is 13.1. The largest absolute Gasteiger partial charge is 0.466 e. The van der Waals surface area contributed by atoms with Gasteiger partial charge in [0.2, 0.25) is 0 Å². The third-order valence-electron chi connectivity index (χ3n) is 3.06. The van der Waals surface area contributed by atoms with Gasteiger partial charge in [-0.15, -0.1) is 0 Å². The van der Waals surface area contributed by atoms with E-state index in [1.165, 1.54) is 6.07 Å². The first-order valence-corrected chi connectivity index (χ1v) is 6.71. The Morgan fingerprint density at radius 2 is 2.16 bits per heavy atom. The fraction of sp³-hybridized carbons (Fsp3) is 0.533. The summed E-state index contributed by atoms with van der Waals surface area (Å²) in [6.45, 7) is 3.95. The molecule has 0 spiro atoms. The molecule has 0 aromatic heterocycles. The normalized spacial score (nSPS) is 12.2.